The average molecular weight is 422 g/mol. The Balaban J connectivity index is 1.89. The Bertz CT molecular complexity index is 856. The first-order valence-electron chi connectivity index (χ1n) is 8.28. The maximum Gasteiger partial charge on any atom is 0.284 e. The topological polar surface area (TPSA) is 36.9 Å². The Kier molecular flexibility index (Phi) is 4.23. The molecule has 0 spiro atoms. The second kappa shape index (κ2) is 6.32. The number of methoxy groups -OCH3 is 1. The zero-order chi connectivity index (χ0) is 18.4. The van der Waals surface area contributed by atoms with Crippen LogP contribution in [0.1, 0.15) is 11.1 Å². The number of ether oxygens (including phenoxy) is 1. The number of hydrogen-bond acceptors (Lipinski definition) is 4. The van der Waals surface area contributed by atoms with E-state index < -0.39 is 18.0 Å². The van der Waals surface area contributed by atoms with Crippen LogP contribution < -0.4 is 10.1 Å². The van der Waals surface area contributed by atoms with Gasteiger partial charge in [-0.05, 0) is 35.4 Å². The standard InChI is InChI=1S/C19H18BrF2N3O/c1-26-16-7-5-13(6-8-16)19(14-3-2-4-15(20)9-14)17-23-10-18(21,22)11-25(17)12-24-19/h2-9,24H,10-12H2,1H3. The first kappa shape index (κ1) is 17.4. The maximum absolute atomic E-state index is 13.9. The van der Waals surface area contributed by atoms with Crippen molar-refractivity contribution in [3.05, 3.63) is 64.1 Å². The number of halogens is 3. The number of benzene rings is 2. The highest BCUT2D eigenvalue weighted by Crippen LogP contribution is 2.40. The van der Waals surface area contributed by atoms with Gasteiger partial charge in [-0.1, -0.05) is 40.2 Å². The minimum absolute atomic E-state index is 0.312. The molecule has 26 heavy (non-hydrogen) atoms. The summed E-state index contributed by atoms with van der Waals surface area (Å²) >= 11 is 3.51. The van der Waals surface area contributed by atoms with Gasteiger partial charge in [0.1, 0.15) is 23.7 Å². The molecule has 2 aromatic carbocycles. The third-order valence-electron chi connectivity index (χ3n) is 4.83. The summed E-state index contributed by atoms with van der Waals surface area (Å²) in [5.74, 6) is -1.44. The first-order valence-corrected chi connectivity index (χ1v) is 9.07. The molecular weight excluding hydrogens is 404 g/mol. The Labute approximate surface area is 159 Å². The van der Waals surface area contributed by atoms with Gasteiger partial charge < -0.3 is 9.64 Å². The van der Waals surface area contributed by atoms with Crippen LogP contribution in [0.15, 0.2) is 58.0 Å². The smallest absolute Gasteiger partial charge is 0.284 e. The van der Waals surface area contributed by atoms with Crippen LogP contribution in [0.2, 0.25) is 0 Å². The van der Waals surface area contributed by atoms with Gasteiger partial charge in [0.15, 0.2) is 0 Å². The largest absolute Gasteiger partial charge is 0.497 e. The van der Waals surface area contributed by atoms with E-state index in [9.17, 15) is 8.78 Å². The minimum atomic E-state index is -2.81. The van der Waals surface area contributed by atoms with Gasteiger partial charge in [-0.2, -0.15) is 0 Å². The molecule has 2 aliphatic heterocycles. The lowest BCUT2D eigenvalue weighted by Crippen LogP contribution is -2.50. The molecule has 0 bridgehead atoms. The van der Waals surface area contributed by atoms with Gasteiger partial charge in [0.05, 0.1) is 20.3 Å². The van der Waals surface area contributed by atoms with Crippen LogP contribution in [0.5, 0.6) is 5.75 Å². The Morgan fingerprint density at radius 3 is 2.62 bits per heavy atom. The van der Waals surface area contributed by atoms with Crippen molar-refractivity contribution in [3.63, 3.8) is 0 Å². The fourth-order valence-electron chi connectivity index (χ4n) is 3.67. The van der Waals surface area contributed by atoms with E-state index in [2.05, 4.69) is 26.2 Å². The molecule has 1 saturated heterocycles. The Morgan fingerprint density at radius 2 is 1.92 bits per heavy atom. The molecular formula is C19H18BrF2N3O. The van der Waals surface area contributed by atoms with Crippen molar-refractivity contribution >= 4 is 21.8 Å². The molecule has 1 fully saturated rings. The molecule has 1 N–H and O–H groups in total. The number of aliphatic imine (C=N–C) groups is 1. The van der Waals surface area contributed by atoms with Crippen molar-refractivity contribution in [2.45, 2.75) is 11.5 Å². The highest BCUT2D eigenvalue weighted by Gasteiger charge is 2.51. The highest BCUT2D eigenvalue weighted by atomic mass is 79.9. The van der Waals surface area contributed by atoms with E-state index in [-0.39, 0.29) is 6.54 Å². The van der Waals surface area contributed by atoms with Gasteiger partial charge in [0.2, 0.25) is 0 Å². The number of alkyl halides is 2. The van der Waals surface area contributed by atoms with Crippen molar-refractivity contribution < 1.29 is 13.5 Å². The summed E-state index contributed by atoms with van der Waals surface area (Å²) in [7, 11) is 1.61. The van der Waals surface area contributed by atoms with E-state index in [1.54, 1.807) is 12.0 Å². The van der Waals surface area contributed by atoms with E-state index in [0.29, 0.717) is 12.5 Å². The first-order chi connectivity index (χ1) is 12.4. The zero-order valence-electron chi connectivity index (χ0n) is 14.2. The normalized spacial score (nSPS) is 24.2. The number of fused-ring (bicyclic) bond motifs is 1. The van der Waals surface area contributed by atoms with Crippen molar-refractivity contribution in [2.24, 2.45) is 4.99 Å². The predicted molar refractivity (Wildman–Crippen MR) is 99.9 cm³/mol. The molecule has 4 rings (SSSR count). The molecule has 136 valence electrons. The second-order valence-electron chi connectivity index (χ2n) is 6.52. The summed E-state index contributed by atoms with van der Waals surface area (Å²) in [5.41, 5.74) is 1.11. The average Bonchev–Trinajstić information content (AvgIpc) is 3.00. The molecule has 0 aliphatic carbocycles. The third-order valence-corrected chi connectivity index (χ3v) is 5.33. The predicted octanol–water partition coefficient (Wildman–Crippen LogP) is 3.61. The van der Waals surface area contributed by atoms with E-state index in [4.69, 9.17) is 4.74 Å². The van der Waals surface area contributed by atoms with Gasteiger partial charge in [-0.3, -0.25) is 10.3 Å². The van der Waals surface area contributed by atoms with Crippen LogP contribution in [-0.2, 0) is 5.54 Å². The fourth-order valence-corrected chi connectivity index (χ4v) is 4.07. The van der Waals surface area contributed by atoms with E-state index >= 15 is 0 Å². The zero-order valence-corrected chi connectivity index (χ0v) is 15.8. The number of hydrogen-bond donors (Lipinski definition) is 1. The second-order valence-corrected chi connectivity index (χ2v) is 7.43. The Morgan fingerprint density at radius 1 is 1.15 bits per heavy atom. The van der Waals surface area contributed by atoms with Crippen LogP contribution >= 0.6 is 15.9 Å². The molecule has 1 atom stereocenters. The lowest BCUT2D eigenvalue weighted by Gasteiger charge is -2.36. The summed E-state index contributed by atoms with van der Waals surface area (Å²) in [6.07, 6.45) is 0. The van der Waals surface area contributed by atoms with Crippen LogP contribution in [0, 0.1) is 0 Å². The summed E-state index contributed by atoms with van der Waals surface area (Å²) < 4.78 is 33.9. The third kappa shape index (κ3) is 2.79. The molecule has 1 unspecified atom stereocenters. The monoisotopic (exact) mass is 421 g/mol. The van der Waals surface area contributed by atoms with Crippen molar-refractivity contribution in [1.29, 1.82) is 0 Å². The van der Waals surface area contributed by atoms with Gasteiger partial charge in [0.25, 0.3) is 5.92 Å². The number of rotatable bonds is 3. The van der Waals surface area contributed by atoms with E-state index in [1.807, 2.05) is 48.5 Å². The van der Waals surface area contributed by atoms with Gasteiger partial charge in [-0.25, -0.2) is 8.78 Å². The number of nitrogens with one attached hydrogen (secondary N) is 1. The molecule has 2 heterocycles. The van der Waals surface area contributed by atoms with Crippen LogP contribution in [0.4, 0.5) is 8.78 Å². The highest BCUT2D eigenvalue weighted by molar-refractivity contribution is 9.10. The minimum Gasteiger partial charge on any atom is -0.497 e. The molecule has 7 heteroatoms. The molecule has 0 radical (unpaired) electrons. The summed E-state index contributed by atoms with van der Waals surface area (Å²) in [6.45, 7) is -0.510. The van der Waals surface area contributed by atoms with Gasteiger partial charge in [0, 0.05) is 4.47 Å². The van der Waals surface area contributed by atoms with Crippen molar-refractivity contribution in [2.75, 3.05) is 26.9 Å². The lowest BCUT2D eigenvalue weighted by atomic mass is 9.82. The van der Waals surface area contributed by atoms with Crippen molar-refractivity contribution in [1.82, 2.24) is 10.2 Å². The van der Waals surface area contributed by atoms with Crippen molar-refractivity contribution in [3.8, 4) is 5.75 Å². The van der Waals surface area contributed by atoms with E-state index in [1.165, 1.54) is 0 Å². The Hall–Kier alpha value is -1.99. The quantitative estimate of drug-likeness (QED) is 0.822. The lowest BCUT2D eigenvalue weighted by molar-refractivity contribution is -0.0136. The molecule has 0 aromatic heterocycles. The molecule has 2 aromatic rings. The number of amidine groups is 1. The number of nitrogens with zero attached hydrogens (tertiary/aromatic N) is 2. The summed E-state index contributed by atoms with van der Waals surface area (Å²) in [5, 5.41) is 3.45. The van der Waals surface area contributed by atoms with Gasteiger partial charge in [-0.15, -0.1) is 0 Å². The SMILES string of the molecule is COc1ccc(C2(c3cccc(Br)c3)NCN3CC(F)(F)CN=C32)cc1. The molecule has 0 amide bonds. The van der Waals surface area contributed by atoms with Crippen LogP contribution in [0.3, 0.4) is 0 Å². The molecule has 2 aliphatic rings. The van der Waals surface area contributed by atoms with Crippen LogP contribution in [0.25, 0.3) is 0 Å². The van der Waals surface area contributed by atoms with E-state index in [0.717, 1.165) is 21.3 Å². The molecule has 0 saturated carbocycles. The summed E-state index contributed by atoms with van der Waals surface area (Å²) in [4.78, 5) is 5.94. The summed E-state index contributed by atoms with van der Waals surface area (Å²) in [6, 6.07) is 15.5. The van der Waals surface area contributed by atoms with Crippen LogP contribution in [-0.4, -0.2) is 43.5 Å². The molecule has 4 nitrogen and oxygen atoms in total. The maximum atomic E-state index is 13.9. The van der Waals surface area contributed by atoms with Gasteiger partial charge >= 0.3 is 0 Å². The fraction of sp³-hybridized carbons (Fsp3) is 0.316.